The first-order valence-corrected chi connectivity index (χ1v) is 9.07. The number of anilines is 3. The third-order valence-electron chi connectivity index (χ3n) is 4.78. The molecule has 0 unspecified atom stereocenters. The minimum absolute atomic E-state index is 0.125. The molecule has 27 heavy (non-hydrogen) atoms. The van der Waals surface area contributed by atoms with E-state index >= 15 is 0 Å². The monoisotopic (exact) mass is 370 g/mol. The largest absolute Gasteiger partial charge is 0.492 e. The molecule has 0 radical (unpaired) electrons. The Morgan fingerprint density at radius 3 is 2.74 bits per heavy atom. The number of aromatic nitrogens is 2. The number of nitrogens with one attached hydrogen (secondary N) is 1. The van der Waals surface area contributed by atoms with Gasteiger partial charge in [0.1, 0.15) is 17.3 Å². The molecule has 1 fully saturated rings. The Morgan fingerprint density at radius 2 is 2.11 bits per heavy atom. The van der Waals surface area contributed by atoms with Gasteiger partial charge in [-0.25, -0.2) is 9.97 Å². The van der Waals surface area contributed by atoms with Crippen LogP contribution in [0.4, 0.5) is 17.3 Å². The summed E-state index contributed by atoms with van der Waals surface area (Å²) in [5, 5.41) is 2.65. The number of carbonyl (C=O) groups is 1. The van der Waals surface area contributed by atoms with Crippen molar-refractivity contribution in [1.82, 2.24) is 9.97 Å². The second-order valence-corrected chi connectivity index (χ2v) is 7.01. The molecule has 8 heteroatoms. The number of benzene rings is 1. The molecule has 5 N–H and O–H groups in total. The van der Waals surface area contributed by atoms with E-state index in [0.29, 0.717) is 36.0 Å². The average molecular weight is 370 g/mol. The predicted molar refractivity (Wildman–Crippen MR) is 107 cm³/mol. The molecule has 0 spiro atoms. The van der Waals surface area contributed by atoms with Gasteiger partial charge in [0, 0.05) is 24.2 Å². The standard InChI is InChI=1S/C19H26N6O2/c1-3-27-15-5-4-13(10-14(15)23-12-26)17-18(20)24-16(11-22-17)25-8-6-19(2,21)7-9-25/h4-5,10-12H,3,6-9,21H2,1-2H3,(H2,20,24)(H,23,26). The summed E-state index contributed by atoms with van der Waals surface area (Å²) in [7, 11) is 0. The molecule has 1 aromatic carbocycles. The average Bonchev–Trinajstić information content (AvgIpc) is 2.63. The van der Waals surface area contributed by atoms with Crippen LogP contribution in [-0.2, 0) is 4.79 Å². The normalized spacial score (nSPS) is 16.0. The zero-order valence-corrected chi connectivity index (χ0v) is 15.7. The van der Waals surface area contributed by atoms with Crippen molar-refractivity contribution in [2.24, 2.45) is 5.73 Å². The summed E-state index contributed by atoms with van der Waals surface area (Å²) in [6, 6.07) is 5.41. The number of amides is 1. The molecule has 0 saturated carbocycles. The number of nitrogen functional groups attached to an aromatic ring is 1. The van der Waals surface area contributed by atoms with Crippen molar-refractivity contribution in [3.05, 3.63) is 24.4 Å². The third kappa shape index (κ3) is 4.28. The lowest BCUT2D eigenvalue weighted by Gasteiger charge is -2.37. The highest BCUT2D eigenvalue weighted by Crippen LogP contribution is 2.32. The molecule has 1 saturated heterocycles. The van der Waals surface area contributed by atoms with Crippen LogP contribution < -0.4 is 26.4 Å². The summed E-state index contributed by atoms with van der Waals surface area (Å²) in [6.07, 6.45) is 4.14. The molecule has 1 aromatic heterocycles. The van der Waals surface area contributed by atoms with Gasteiger partial charge in [-0.05, 0) is 44.9 Å². The van der Waals surface area contributed by atoms with E-state index in [1.807, 2.05) is 13.0 Å². The molecule has 2 aromatic rings. The van der Waals surface area contributed by atoms with Crippen LogP contribution in [0.3, 0.4) is 0 Å². The first-order chi connectivity index (χ1) is 12.9. The van der Waals surface area contributed by atoms with E-state index in [4.69, 9.17) is 16.2 Å². The smallest absolute Gasteiger partial charge is 0.211 e. The predicted octanol–water partition coefficient (Wildman–Crippen LogP) is 2.01. The van der Waals surface area contributed by atoms with Gasteiger partial charge in [-0.3, -0.25) is 4.79 Å². The van der Waals surface area contributed by atoms with Crippen molar-refractivity contribution >= 4 is 23.7 Å². The van der Waals surface area contributed by atoms with E-state index in [0.717, 1.165) is 37.3 Å². The summed E-state index contributed by atoms with van der Waals surface area (Å²) < 4.78 is 5.52. The molecule has 2 heterocycles. The highest BCUT2D eigenvalue weighted by Gasteiger charge is 2.27. The summed E-state index contributed by atoms with van der Waals surface area (Å²) in [6.45, 7) is 6.12. The van der Waals surface area contributed by atoms with Crippen molar-refractivity contribution < 1.29 is 9.53 Å². The highest BCUT2D eigenvalue weighted by atomic mass is 16.5. The maximum Gasteiger partial charge on any atom is 0.211 e. The van der Waals surface area contributed by atoms with Gasteiger partial charge in [0.05, 0.1) is 18.5 Å². The van der Waals surface area contributed by atoms with Crippen LogP contribution in [0.5, 0.6) is 5.75 Å². The molecule has 0 atom stereocenters. The molecule has 0 bridgehead atoms. The lowest BCUT2D eigenvalue weighted by atomic mass is 9.91. The van der Waals surface area contributed by atoms with Crippen LogP contribution in [0.15, 0.2) is 24.4 Å². The number of hydrogen-bond acceptors (Lipinski definition) is 7. The maximum atomic E-state index is 10.9. The lowest BCUT2D eigenvalue weighted by Crippen LogP contribution is -2.48. The number of ether oxygens (including phenoxy) is 1. The second kappa shape index (κ2) is 7.79. The zero-order chi connectivity index (χ0) is 19.4. The van der Waals surface area contributed by atoms with Crippen molar-refractivity contribution in [3.63, 3.8) is 0 Å². The van der Waals surface area contributed by atoms with Crippen LogP contribution >= 0.6 is 0 Å². The van der Waals surface area contributed by atoms with Crippen molar-refractivity contribution in [2.75, 3.05) is 35.6 Å². The summed E-state index contributed by atoms with van der Waals surface area (Å²) in [5.74, 6) is 1.69. The van der Waals surface area contributed by atoms with Crippen LogP contribution in [0.2, 0.25) is 0 Å². The topological polar surface area (TPSA) is 119 Å². The molecule has 8 nitrogen and oxygen atoms in total. The van der Waals surface area contributed by atoms with Crippen molar-refractivity contribution in [2.45, 2.75) is 32.2 Å². The van der Waals surface area contributed by atoms with Gasteiger partial charge in [0.2, 0.25) is 6.41 Å². The first kappa shape index (κ1) is 18.9. The lowest BCUT2D eigenvalue weighted by molar-refractivity contribution is -0.105. The quantitative estimate of drug-likeness (QED) is 0.665. The third-order valence-corrected chi connectivity index (χ3v) is 4.78. The molecule has 1 aliphatic rings. The van der Waals surface area contributed by atoms with E-state index in [1.54, 1.807) is 18.3 Å². The van der Waals surface area contributed by atoms with Crippen LogP contribution in [-0.4, -0.2) is 41.6 Å². The number of carbonyl (C=O) groups excluding carboxylic acids is 1. The first-order valence-electron chi connectivity index (χ1n) is 9.07. The number of nitrogens with zero attached hydrogens (tertiary/aromatic N) is 3. The molecular formula is C19H26N6O2. The fourth-order valence-corrected chi connectivity index (χ4v) is 3.15. The fourth-order valence-electron chi connectivity index (χ4n) is 3.15. The number of nitrogens with two attached hydrogens (primary N) is 2. The molecule has 144 valence electrons. The Kier molecular flexibility index (Phi) is 5.46. The van der Waals surface area contributed by atoms with Crippen LogP contribution in [0, 0.1) is 0 Å². The Morgan fingerprint density at radius 1 is 1.37 bits per heavy atom. The summed E-state index contributed by atoms with van der Waals surface area (Å²) in [4.78, 5) is 22.1. The van der Waals surface area contributed by atoms with Gasteiger partial charge >= 0.3 is 0 Å². The minimum atomic E-state index is -0.125. The van der Waals surface area contributed by atoms with Gasteiger partial charge < -0.3 is 26.4 Å². The SMILES string of the molecule is CCOc1ccc(-c2ncc(N3CCC(C)(N)CC3)nc2N)cc1NC=O. The maximum absolute atomic E-state index is 10.9. The number of rotatable bonds is 6. The number of piperidine rings is 1. The molecule has 1 aliphatic heterocycles. The minimum Gasteiger partial charge on any atom is -0.492 e. The number of hydrogen-bond donors (Lipinski definition) is 3. The molecule has 1 amide bonds. The molecule has 0 aliphatic carbocycles. The Balaban J connectivity index is 1.85. The Labute approximate surface area is 158 Å². The van der Waals surface area contributed by atoms with Gasteiger partial charge in [0.15, 0.2) is 5.82 Å². The summed E-state index contributed by atoms with van der Waals surface area (Å²) in [5.41, 5.74) is 14.1. The molecule has 3 rings (SSSR count). The zero-order valence-electron chi connectivity index (χ0n) is 15.7. The van der Waals surface area contributed by atoms with Gasteiger partial charge in [0.25, 0.3) is 0 Å². The van der Waals surface area contributed by atoms with E-state index in [1.165, 1.54) is 0 Å². The van der Waals surface area contributed by atoms with Crippen LogP contribution in [0.25, 0.3) is 11.3 Å². The Bertz CT molecular complexity index is 814. The highest BCUT2D eigenvalue weighted by molar-refractivity contribution is 5.81. The fraction of sp³-hybridized carbons (Fsp3) is 0.421. The van der Waals surface area contributed by atoms with Gasteiger partial charge in [-0.2, -0.15) is 0 Å². The van der Waals surface area contributed by atoms with Gasteiger partial charge in [-0.1, -0.05) is 0 Å². The van der Waals surface area contributed by atoms with Crippen molar-refractivity contribution in [3.8, 4) is 17.0 Å². The van der Waals surface area contributed by atoms with Crippen LogP contribution in [0.1, 0.15) is 26.7 Å². The van der Waals surface area contributed by atoms with E-state index in [2.05, 4.69) is 27.1 Å². The Hall–Kier alpha value is -2.87. The van der Waals surface area contributed by atoms with E-state index in [-0.39, 0.29) is 5.54 Å². The van der Waals surface area contributed by atoms with E-state index < -0.39 is 0 Å². The molecular weight excluding hydrogens is 344 g/mol. The van der Waals surface area contributed by atoms with Crippen molar-refractivity contribution in [1.29, 1.82) is 0 Å². The second-order valence-electron chi connectivity index (χ2n) is 7.01. The summed E-state index contributed by atoms with van der Waals surface area (Å²) >= 11 is 0. The van der Waals surface area contributed by atoms with Gasteiger partial charge in [-0.15, -0.1) is 0 Å². The van der Waals surface area contributed by atoms with E-state index in [9.17, 15) is 4.79 Å².